The van der Waals surface area contributed by atoms with Gasteiger partial charge in [0.25, 0.3) is 0 Å². The predicted octanol–water partition coefficient (Wildman–Crippen LogP) is 4.99. The Bertz CT molecular complexity index is 82.0. The summed E-state index contributed by atoms with van der Waals surface area (Å²) in [5, 5.41) is 0. The van der Waals surface area contributed by atoms with E-state index in [1.807, 2.05) is 0 Å². The molecule has 0 spiro atoms. The number of hydrogen-bond donors (Lipinski definition) is 0. The summed E-state index contributed by atoms with van der Waals surface area (Å²) in [6, 6.07) is 0. The smallest absolute Gasteiger partial charge is 0.0355 e. The maximum Gasteiger partial charge on any atom is -0.0355 e. The minimum atomic E-state index is 0.881. The highest BCUT2D eigenvalue weighted by molar-refractivity contribution is 4.73. The fourth-order valence-electron chi connectivity index (χ4n) is 1.72. The number of rotatable bonds is 9. The molecule has 0 fully saturated rings. The zero-order valence-electron chi connectivity index (χ0n) is 9.81. The predicted molar refractivity (Wildman–Crippen MR) is 61.7 cm³/mol. The van der Waals surface area contributed by atoms with Crippen LogP contribution in [-0.2, 0) is 0 Å². The van der Waals surface area contributed by atoms with Gasteiger partial charge in [-0.05, 0) is 18.8 Å². The summed E-state index contributed by atoms with van der Waals surface area (Å²) in [5.74, 6) is 0.881. The van der Waals surface area contributed by atoms with E-state index in [9.17, 15) is 0 Å². The molecule has 0 saturated carbocycles. The lowest BCUT2D eigenvalue weighted by atomic mass is 9.96. The first-order chi connectivity index (χ1) is 6.35. The molecular weight excluding hydrogens is 156 g/mol. The van der Waals surface area contributed by atoms with Crippen molar-refractivity contribution in [3.63, 3.8) is 0 Å². The molecule has 0 rings (SSSR count). The van der Waals surface area contributed by atoms with Crippen LogP contribution in [0, 0.1) is 12.3 Å². The molecule has 0 amide bonds. The van der Waals surface area contributed by atoms with Gasteiger partial charge in [-0.3, -0.25) is 0 Å². The Morgan fingerprint density at radius 2 is 1.46 bits per heavy atom. The Balaban J connectivity index is 3.05. The Kier molecular flexibility index (Phi) is 10.1. The highest BCUT2D eigenvalue weighted by Crippen LogP contribution is 2.16. The molecule has 0 aromatic carbocycles. The summed E-state index contributed by atoms with van der Waals surface area (Å²) in [4.78, 5) is 0. The van der Waals surface area contributed by atoms with E-state index in [1.54, 1.807) is 0 Å². The summed E-state index contributed by atoms with van der Waals surface area (Å²) in [7, 11) is 0. The second kappa shape index (κ2) is 10.1. The molecule has 0 bridgehead atoms. The van der Waals surface area contributed by atoms with E-state index in [2.05, 4.69) is 27.2 Å². The number of hydrogen-bond acceptors (Lipinski definition) is 0. The first kappa shape index (κ1) is 13.0. The Morgan fingerprint density at radius 1 is 0.846 bits per heavy atom. The van der Waals surface area contributed by atoms with Crippen LogP contribution in [0.2, 0.25) is 0 Å². The van der Waals surface area contributed by atoms with Crippen molar-refractivity contribution in [2.24, 2.45) is 5.92 Å². The van der Waals surface area contributed by atoms with Crippen molar-refractivity contribution in [2.75, 3.05) is 0 Å². The van der Waals surface area contributed by atoms with Gasteiger partial charge in [-0.1, -0.05) is 65.7 Å². The molecule has 79 valence electrons. The van der Waals surface area contributed by atoms with E-state index in [4.69, 9.17) is 0 Å². The van der Waals surface area contributed by atoms with E-state index < -0.39 is 0 Å². The van der Waals surface area contributed by atoms with Gasteiger partial charge in [-0.15, -0.1) is 0 Å². The molecule has 0 heteroatoms. The zero-order valence-corrected chi connectivity index (χ0v) is 9.81. The summed E-state index contributed by atoms with van der Waals surface area (Å²) in [6.45, 7) is 6.86. The minimum Gasteiger partial charge on any atom is -0.0654 e. The van der Waals surface area contributed by atoms with Gasteiger partial charge in [0.15, 0.2) is 0 Å². The maximum absolute atomic E-state index is 2.53. The Hall–Kier alpha value is 0. The van der Waals surface area contributed by atoms with Gasteiger partial charge in [0.05, 0.1) is 0 Å². The molecule has 0 saturated heterocycles. The fourth-order valence-corrected chi connectivity index (χ4v) is 1.72. The standard InChI is InChI=1S/C13H27/c1-4-7-8-9-10-11-12-13(5-2)6-3/h12-13H,4-11H2,1-3H3. The molecule has 0 N–H and O–H groups in total. The lowest BCUT2D eigenvalue weighted by molar-refractivity contribution is 0.523. The van der Waals surface area contributed by atoms with Crippen LogP contribution in [0.4, 0.5) is 0 Å². The van der Waals surface area contributed by atoms with E-state index in [1.165, 1.54) is 51.4 Å². The molecule has 0 aliphatic rings. The third-order valence-corrected chi connectivity index (χ3v) is 2.86. The van der Waals surface area contributed by atoms with Gasteiger partial charge >= 0.3 is 0 Å². The molecule has 0 heterocycles. The second-order valence-electron chi connectivity index (χ2n) is 4.02. The van der Waals surface area contributed by atoms with Gasteiger partial charge in [0.2, 0.25) is 0 Å². The van der Waals surface area contributed by atoms with Gasteiger partial charge in [0.1, 0.15) is 0 Å². The average Bonchev–Trinajstić information content (AvgIpc) is 2.17. The van der Waals surface area contributed by atoms with Crippen LogP contribution >= 0.6 is 0 Å². The highest BCUT2D eigenvalue weighted by Gasteiger charge is 2.02. The molecule has 1 radical (unpaired) electrons. The topological polar surface area (TPSA) is 0 Å². The van der Waals surface area contributed by atoms with Crippen LogP contribution in [0.3, 0.4) is 0 Å². The van der Waals surface area contributed by atoms with Crippen molar-refractivity contribution in [3.05, 3.63) is 6.42 Å². The van der Waals surface area contributed by atoms with Crippen LogP contribution in [-0.4, -0.2) is 0 Å². The van der Waals surface area contributed by atoms with Crippen LogP contribution in [0.15, 0.2) is 0 Å². The normalized spacial score (nSPS) is 11.1. The van der Waals surface area contributed by atoms with Gasteiger partial charge in [-0.2, -0.15) is 0 Å². The van der Waals surface area contributed by atoms with Crippen LogP contribution < -0.4 is 0 Å². The summed E-state index contributed by atoms with van der Waals surface area (Å²) in [6.07, 6.45) is 13.6. The lowest BCUT2D eigenvalue weighted by Crippen LogP contribution is -1.97. The average molecular weight is 183 g/mol. The SMILES string of the molecule is CCCCCCC[CH]C(CC)CC. The van der Waals surface area contributed by atoms with E-state index >= 15 is 0 Å². The van der Waals surface area contributed by atoms with Gasteiger partial charge in [-0.25, -0.2) is 0 Å². The first-order valence-corrected chi connectivity index (χ1v) is 6.18. The third-order valence-electron chi connectivity index (χ3n) is 2.86. The minimum absolute atomic E-state index is 0.881. The van der Waals surface area contributed by atoms with Crippen LogP contribution in [0.5, 0.6) is 0 Å². The van der Waals surface area contributed by atoms with Crippen LogP contribution in [0.25, 0.3) is 0 Å². The molecule has 0 unspecified atom stereocenters. The van der Waals surface area contributed by atoms with Gasteiger partial charge < -0.3 is 0 Å². The maximum atomic E-state index is 2.53. The molecule has 0 aromatic heterocycles. The number of unbranched alkanes of at least 4 members (excludes halogenated alkanes) is 5. The van der Waals surface area contributed by atoms with Crippen molar-refractivity contribution in [3.8, 4) is 0 Å². The zero-order chi connectivity index (χ0) is 9.94. The molecule has 0 aliphatic carbocycles. The fraction of sp³-hybridized carbons (Fsp3) is 0.923. The Labute approximate surface area is 85.1 Å². The Morgan fingerprint density at radius 3 is 2.00 bits per heavy atom. The van der Waals surface area contributed by atoms with E-state index in [0.29, 0.717) is 0 Å². The molecule has 0 atom stereocenters. The van der Waals surface area contributed by atoms with E-state index in [-0.39, 0.29) is 0 Å². The molecule has 0 aliphatic heterocycles. The summed E-state index contributed by atoms with van der Waals surface area (Å²) in [5.41, 5.74) is 0. The summed E-state index contributed by atoms with van der Waals surface area (Å²) >= 11 is 0. The van der Waals surface area contributed by atoms with Gasteiger partial charge in [0, 0.05) is 0 Å². The highest BCUT2D eigenvalue weighted by atomic mass is 14.1. The van der Waals surface area contributed by atoms with Crippen molar-refractivity contribution < 1.29 is 0 Å². The van der Waals surface area contributed by atoms with Crippen LogP contribution in [0.1, 0.15) is 72.1 Å². The van der Waals surface area contributed by atoms with Crippen molar-refractivity contribution in [1.29, 1.82) is 0 Å². The molecule has 13 heavy (non-hydrogen) atoms. The van der Waals surface area contributed by atoms with E-state index in [0.717, 1.165) is 5.92 Å². The van der Waals surface area contributed by atoms with Crippen molar-refractivity contribution in [2.45, 2.75) is 72.1 Å². The molecular formula is C13H27. The monoisotopic (exact) mass is 183 g/mol. The summed E-state index contributed by atoms with van der Waals surface area (Å²) < 4.78 is 0. The molecule has 0 aromatic rings. The first-order valence-electron chi connectivity index (χ1n) is 6.18. The molecule has 0 nitrogen and oxygen atoms in total. The van der Waals surface area contributed by atoms with Crippen molar-refractivity contribution >= 4 is 0 Å². The van der Waals surface area contributed by atoms with Crippen molar-refractivity contribution in [1.82, 2.24) is 0 Å². The lowest BCUT2D eigenvalue weighted by Gasteiger charge is -2.10. The largest absolute Gasteiger partial charge is 0.0654 e. The second-order valence-corrected chi connectivity index (χ2v) is 4.02. The quantitative estimate of drug-likeness (QED) is 0.442. The third kappa shape index (κ3) is 8.33.